The molecule has 1 aromatic carbocycles. The highest BCUT2D eigenvalue weighted by molar-refractivity contribution is 5.67. The molecule has 0 radical (unpaired) electrons. The third-order valence-electron chi connectivity index (χ3n) is 2.20. The Hall–Kier alpha value is -2.19. The molecule has 0 aliphatic rings. The lowest BCUT2D eigenvalue weighted by Crippen LogP contribution is -2.32. The number of carbonyl (C=O) groups excluding carboxylic acids is 1. The standard InChI is InChI=1S/C15H21N3O2/c1-15(2,3)20-14(19)17-11-5-4-6-12-7-9-13(18-16)10-8-12/h7-10,18H,5,11,16H2,1-3H3,(H,17,19). The van der Waals surface area contributed by atoms with E-state index in [1.165, 1.54) is 0 Å². The van der Waals surface area contributed by atoms with Gasteiger partial charge in [0.2, 0.25) is 0 Å². The topological polar surface area (TPSA) is 76.4 Å². The molecule has 1 rings (SSSR count). The Labute approximate surface area is 119 Å². The van der Waals surface area contributed by atoms with E-state index in [4.69, 9.17) is 10.6 Å². The van der Waals surface area contributed by atoms with E-state index in [9.17, 15) is 4.79 Å². The largest absolute Gasteiger partial charge is 0.444 e. The predicted molar refractivity (Wildman–Crippen MR) is 80.0 cm³/mol. The van der Waals surface area contributed by atoms with E-state index in [2.05, 4.69) is 22.6 Å². The molecule has 20 heavy (non-hydrogen) atoms. The summed E-state index contributed by atoms with van der Waals surface area (Å²) in [4.78, 5) is 11.4. The van der Waals surface area contributed by atoms with Gasteiger partial charge in [0, 0.05) is 24.2 Å². The van der Waals surface area contributed by atoms with Crippen molar-refractivity contribution in [1.82, 2.24) is 5.32 Å². The molecule has 0 fully saturated rings. The lowest BCUT2D eigenvalue weighted by molar-refractivity contribution is 0.0529. The van der Waals surface area contributed by atoms with E-state index in [1.54, 1.807) is 0 Å². The Kier molecular flexibility index (Phi) is 5.88. The van der Waals surface area contributed by atoms with Gasteiger partial charge in [0.05, 0.1) is 0 Å². The van der Waals surface area contributed by atoms with Gasteiger partial charge in [0.25, 0.3) is 0 Å². The van der Waals surface area contributed by atoms with Crippen LogP contribution in [0.15, 0.2) is 24.3 Å². The van der Waals surface area contributed by atoms with E-state index in [0.717, 1.165) is 11.3 Å². The minimum absolute atomic E-state index is 0.419. The molecule has 0 saturated heterocycles. The molecule has 0 aromatic heterocycles. The molecule has 0 heterocycles. The molecule has 0 aliphatic carbocycles. The lowest BCUT2D eigenvalue weighted by Gasteiger charge is -2.19. The molecule has 0 atom stereocenters. The van der Waals surface area contributed by atoms with Gasteiger partial charge in [0.1, 0.15) is 5.60 Å². The van der Waals surface area contributed by atoms with Crippen molar-refractivity contribution in [3.05, 3.63) is 29.8 Å². The van der Waals surface area contributed by atoms with Crippen molar-refractivity contribution in [2.24, 2.45) is 5.84 Å². The maximum absolute atomic E-state index is 11.4. The number of alkyl carbamates (subject to hydrolysis) is 1. The zero-order valence-electron chi connectivity index (χ0n) is 12.1. The van der Waals surface area contributed by atoms with Crippen LogP contribution in [0.4, 0.5) is 10.5 Å². The van der Waals surface area contributed by atoms with E-state index in [0.29, 0.717) is 13.0 Å². The Morgan fingerprint density at radius 2 is 1.95 bits per heavy atom. The van der Waals surface area contributed by atoms with Crippen molar-refractivity contribution in [2.45, 2.75) is 32.8 Å². The number of carbonyl (C=O) groups is 1. The van der Waals surface area contributed by atoms with Gasteiger partial charge in [0.15, 0.2) is 0 Å². The fourth-order valence-corrected chi connectivity index (χ4v) is 1.36. The molecule has 108 valence electrons. The van der Waals surface area contributed by atoms with Crippen molar-refractivity contribution in [3.8, 4) is 11.8 Å². The number of anilines is 1. The van der Waals surface area contributed by atoms with Crippen molar-refractivity contribution in [1.29, 1.82) is 0 Å². The molecule has 0 aliphatic heterocycles. The second-order valence-corrected chi connectivity index (χ2v) is 5.20. The number of amides is 1. The summed E-state index contributed by atoms with van der Waals surface area (Å²) in [5, 5.41) is 2.65. The Morgan fingerprint density at radius 1 is 1.30 bits per heavy atom. The molecule has 1 amide bonds. The Bertz CT molecular complexity index is 493. The molecule has 5 heteroatoms. The van der Waals surface area contributed by atoms with Crippen LogP contribution in [-0.4, -0.2) is 18.2 Å². The first-order valence-electron chi connectivity index (χ1n) is 6.43. The summed E-state index contributed by atoms with van der Waals surface area (Å²) in [6.07, 6.45) is 0.147. The minimum atomic E-state index is -0.478. The zero-order chi connectivity index (χ0) is 15.0. The third-order valence-corrected chi connectivity index (χ3v) is 2.20. The first-order valence-corrected chi connectivity index (χ1v) is 6.43. The fourth-order valence-electron chi connectivity index (χ4n) is 1.36. The number of ether oxygens (including phenoxy) is 1. The minimum Gasteiger partial charge on any atom is -0.444 e. The Morgan fingerprint density at radius 3 is 2.50 bits per heavy atom. The summed E-state index contributed by atoms with van der Waals surface area (Å²) in [6.45, 7) is 5.94. The summed E-state index contributed by atoms with van der Waals surface area (Å²) in [6, 6.07) is 7.46. The van der Waals surface area contributed by atoms with Gasteiger partial charge in [-0.25, -0.2) is 4.79 Å². The molecule has 1 aromatic rings. The van der Waals surface area contributed by atoms with Crippen LogP contribution in [0.1, 0.15) is 32.8 Å². The van der Waals surface area contributed by atoms with Crippen LogP contribution in [0.5, 0.6) is 0 Å². The third kappa shape index (κ3) is 6.66. The molecular formula is C15H21N3O2. The summed E-state index contributed by atoms with van der Waals surface area (Å²) < 4.78 is 5.11. The van der Waals surface area contributed by atoms with Gasteiger partial charge in [-0.05, 0) is 45.0 Å². The average Bonchev–Trinajstić information content (AvgIpc) is 2.37. The monoisotopic (exact) mass is 275 g/mol. The zero-order valence-corrected chi connectivity index (χ0v) is 12.1. The number of nitrogens with two attached hydrogens (primary N) is 1. The molecule has 0 saturated carbocycles. The van der Waals surface area contributed by atoms with Crippen LogP contribution >= 0.6 is 0 Å². The number of rotatable bonds is 3. The second kappa shape index (κ2) is 7.41. The maximum atomic E-state index is 11.4. The van der Waals surface area contributed by atoms with Gasteiger partial charge in [-0.3, -0.25) is 5.84 Å². The number of nitrogens with one attached hydrogen (secondary N) is 2. The van der Waals surface area contributed by atoms with Gasteiger partial charge in [-0.15, -0.1) is 0 Å². The van der Waals surface area contributed by atoms with Crippen molar-refractivity contribution in [3.63, 3.8) is 0 Å². The summed E-state index contributed by atoms with van der Waals surface area (Å²) in [7, 11) is 0. The number of nitrogen functional groups attached to an aromatic ring is 1. The molecule has 0 unspecified atom stereocenters. The highest BCUT2D eigenvalue weighted by Crippen LogP contribution is 2.07. The summed E-state index contributed by atoms with van der Waals surface area (Å²) >= 11 is 0. The molecule has 5 nitrogen and oxygen atoms in total. The summed E-state index contributed by atoms with van der Waals surface area (Å²) in [5.41, 5.74) is 3.81. The van der Waals surface area contributed by atoms with Crippen LogP contribution in [0.2, 0.25) is 0 Å². The van der Waals surface area contributed by atoms with E-state index < -0.39 is 11.7 Å². The highest BCUT2D eigenvalue weighted by Gasteiger charge is 2.15. The number of hydrogen-bond acceptors (Lipinski definition) is 4. The molecule has 4 N–H and O–H groups in total. The fraction of sp³-hybridized carbons (Fsp3) is 0.400. The first-order chi connectivity index (χ1) is 9.40. The van der Waals surface area contributed by atoms with Crippen LogP contribution in [0, 0.1) is 11.8 Å². The van der Waals surface area contributed by atoms with Crippen LogP contribution < -0.4 is 16.6 Å². The average molecular weight is 275 g/mol. The normalized spacial score (nSPS) is 10.2. The first kappa shape index (κ1) is 15.9. The second-order valence-electron chi connectivity index (χ2n) is 5.20. The van der Waals surface area contributed by atoms with Crippen LogP contribution in [0.3, 0.4) is 0 Å². The van der Waals surface area contributed by atoms with E-state index >= 15 is 0 Å². The Balaban J connectivity index is 2.30. The highest BCUT2D eigenvalue weighted by atomic mass is 16.6. The smallest absolute Gasteiger partial charge is 0.407 e. The molecule has 0 bridgehead atoms. The van der Waals surface area contributed by atoms with Gasteiger partial charge in [-0.2, -0.15) is 0 Å². The molecule has 0 spiro atoms. The predicted octanol–water partition coefficient (Wildman–Crippen LogP) is 2.24. The number of hydrogen-bond donors (Lipinski definition) is 3. The van der Waals surface area contributed by atoms with Crippen LogP contribution in [0.25, 0.3) is 0 Å². The van der Waals surface area contributed by atoms with Crippen molar-refractivity contribution in [2.75, 3.05) is 12.0 Å². The van der Waals surface area contributed by atoms with Gasteiger partial charge < -0.3 is 15.5 Å². The number of hydrazine groups is 1. The van der Waals surface area contributed by atoms with E-state index in [-0.39, 0.29) is 0 Å². The van der Waals surface area contributed by atoms with Gasteiger partial charge in [-0.1, -0.05) is 11.8 Å². The maximum Gasteiger partial charge on any atom is 0.407 e. The lowest BCUT2D eigenvalue weighted by atomic mass is 10.2. The summed E-state index contributed by atoms with van der Waals surface area (Å²) in [5.74, 6) is 11.3. The van der Waals surface area contributed by atoms with Gasteiger partial charge >= 0.3 is 6.09 Å². The van der Waals surface area contributed by atoms with Crippen LogP contribution in [-0.2, 0) is 4.74 Å². The van der Waals surface area contributed by atoms with Crippen molar-refractivity contribution < 1.29 is 9.53 Å². The molecular weight excluding hydrogens is 254 g/mol. The SMILES string of the molecule is CC(C)(C)OC(=O)NCCC#Cc1ccc(NN)cc1. The van der Waals surface area contributed by atoms with E-state index in [1.807, 2.05) is 45.0 Å². The van der Waals surface area contributed by atoms with Crippen molar-refractivity contribution >= 4 is 11.8 Å². The number of benzene rings is 1. The quantitative estimate of drug-likeness (QED) is 0.342.